The van der Waals surface area contributed by atoms with Gasteiger partial charge in [-0.2, -0.15) is 0 Å². The smallest absolute Gasteiger partial charge is 0.270 e. The number of amidine groups is 1. The number of amides is 1. The molecule has 0 saturated carbocycles. The standard InChI is InChI=1S/C23H30F2N4O/c1-5-13-26-22(29-14-7-8-18(16-29)15-27-21(30)6-2)17(3)28-20-11-9-19(10-12-20)23(4,24)25/h5-6,9-13,18,28H,2-3,7-8,14-16H2,1,4H3,(H,27,30)/b13-5-,26-22+. The van der Waals surface area contributed by atoms with Crippen LogP contribution in [0.3, 0.4) is 0 Å². The first-order valence-electron chi connectivity index (χ1n) is 10.0. The molecule has 1 aromatic rings. The van der Waals surface area contributed by atoms with Crippen molar-refractivity contribution >= 4 is 17.4 Å². The second-order valence-electron chi connectivity index (χ2n) is 7.41. The van der Waals surface area contributed by atoms with Gasteiger partial charge >= 0.3 is 0 Å². The van der Waals surface area contributed by atoms with Gasteiger partial charge in [0.1, 0.15) is 0 Å². The maximum Gasteiger partial charge on any atom is 0.270 e. The van der Waals surface area contributed by atoms with Crippen LogP contribution < -0.4 is 10.6 Å². The van der Waals surface area contributed by atoms with E-state index < -0.39 is 5.92 Å². The van der Waals surface area contributed by atoms with E-state index in [1.807, 2.05) is 13.0 Å². The molecular weight excluding hydrogens is 386 g/mol. The van der Waals surface area contributed by atoms with Crippen LogP contribution >= 0.6 is 0 Å². The Labute approximate surface area is 177 Å². The number of hydrogen-bond acceptors (Lipinski definition) is 3. The predicted octanol–water partition coefficient (Wildman–Crippen LogP) is 4.67. The Morgan fingerprint density at radius 2 is 2.07 bits per heavy atom. The lowest BCUT2D eigenvalue weighted by molar-refractivity contribution is -0.116. The van der Waals surface area contributed by atoms with Gasteiger partial charge in [0.25, 0.3) is 5.92 Å². The largest absolute Gasteiger partial charge is 0.355 e. The van der Waals surface area contributed by atoms with Crippen molar-refractivity contribution in [3.05, 3.63) is 67.0 Å². The van der Waals surface area contributed by atoms with Gasteiger partial charge < -0.3 is 15.5 Å². The molecule has 1 aromatic carbocycles. The molecule has 1 amide bonds. The van der Waals surface area contributed by atoms with Crippen LogP contribution in [-0.4, -0.2) is 36.3 Å². The van der Waals surface area contributed by atoms with E-state index in [4.69, 9.17) is 0 Å². The molecule has 30 heavy (non-hydrogen) atoms. The number of allylic oxidation sites excluding steroid dienone is 1. The summed E-state index contributed by atoms with van der Waals surface area (Å²) in [6.07, 6.45) is 6.78. The maximum atomic E-state index is 13.4. The van der Waals surface area contributed by atoms with Crippen molar-refractivity contribution in [2.75, 3.05) is 25.0 Å². The lowest BCUT2D eigenvalue weighted by Gasteiger charge is -2.35. The molecule has 5 nitrogen and oxygen atoms in total. The van der Waals surface area contributed by atoms with Crippen LogP contribution in [0.2, 0.25) is 0 Å². The third-order valence-corrected chi connectivity index (χ3v) is 4.87. The average molecular weight is 417 g/mol. The molecule has 1 unspecified atom stereocenters. The number of benzene rings is 1. The molecule has 1 heterocycles. The van der Waals surface area contributed by atoms with Gasteiger partial charge in [0, 0.05) is 44.0 Å². The molecule has 0 aromatic heterocycles. The van der Waals surface area contributed by atoms with Gasteiger partial charge in [-0.15, -0.1) is 0 Å². The minimum atomic E-state index is -2.88. The van der Waals surface area contributed by atoms with Crippen LogP contribution in [0.1, 0.15) is 32.3 Å². The molecule has 2 N–H and O–H groups in total. The van der Waals surface area contributed by atoms with Crippen LogP contribution in [0.15, 0.2) is 66.5 Å². The average Bonchev–Trinajstić information content (AvgIpc) is 2.72. The van der Waals surface area contributed by atoms with Crippen molar-refractivity contribution in [3.63, 3.8) is 0 Å². The van der Waals surface area contributed by atoms with Crippen molar-refractivity contribution in [2.24, 2.45) is 10.9 Å². The molecule has 2 rings (SSSR count). The Balaban J connectivity index is 2.10. The summed E-state index contributed by atoms with van der Waals surface area (Å²) >= 11 is 0. The molecule has 0 spiro atoms. The van der Waals surface area contributed by atoms with Crippen LogP contribution in [-0.2, 0) is 10.7 Å². The van der Waals surface area contributed by atoms with E-state index in [-0.39, 0.29) is 17.4 Å². The summed E-state index contributed by atoms with van der Waals surface area (Å²) in [5, 5.41) is 6.03. The number of alkyl halides is 2. The first-order valence-corrected chi connectivity index (χ1v) is 10.0. The van der Waals surface area contributed by atoms with Crippen LogP contribution in [0.5, 0.6) is 0 Å². The van der Waals surface area contributed by atoms with Crippen molar-refractivity contribution in [2.45, 2.75) is 32.6 Å². The van der Waals surface area contributed by atoms with Crippen LogP contribution in [0, 0.1) is 5.92 Å². The summed E-state index contributed by atoms with van der Waals surface area (Å²) in [7, 11) is 0. The van der Waals surface area contributed by atoms with E-state index in [9.17, 15) is 13.6 Å². The number of anilines is 1. The zero-order valence-corrected chi connectivity index (χ0v) is 17.6. The van der Waals surface area contributed by atoms with Gasteiger partial charge in [-0.25, -0.2) is 13.8 Å². The van der Waals surface area contributed by atoms with Crippen molar-refractivity contribution in [3.8, 4) is 0 Å². The zero-order chi connectivity index (χ0) is 22.1. The number of aliphatic imine (C=N–C) groups is 1. The fourth-order valence-electron chi connectivity index (χ4n) is 3.31. The summed E-state index contributed by atoms with van der Waals surface area (Å²) < 4.78 is 26.9. The van der Waals surface area contributed by atoms with Gasteiger partial charge in [-0.05, 0) is 43.9 Å². The Bertz CT molecular complexity index is 809. The quantitative estimate of drug-likeness (QED) is 0.368. The number of carbonyl (C=O) groups excluding carboxylic acids is 1. The molecule has 0 radical (unpaired) electrons. The Morgan fingerprint density at radius 3 is 2.67 bits per heavy atom. The summed E-state index contributed by atoms with van der Waals surface area (Å²) in [6, 6.07) is 6.01. The summed E-state index contributed by atoms with van der Waals surface area (Å²) in [5.74, 6) is -2.07. The van der Waals surface area contributed by atoms with E-state index in [1.165, 1.54) is 18.2 Å². The molecular formula is C23H30F2N4O. The normalized spacial score (nSPS) is 17.7. The van der Waals surface area contributed by atoms with E-state index in [1.54, 1.807) is 18.3 Å². The highest BCUT2D eigenvalue weighted by atomic mass is 19.3. The van der Waals surface area contributed by atoms with Crippen molar-refractivity contribution in [1.29, 1.82) is 0 Å². The first-order chi connectivity index (χ1) is 14.2. The fraction of sp³-hybridized carbons (Fsp3) is 0.391. The van der Waals surface area contributed by atoms with Crippen LogP contribution in [0.4, 0.5) is 14.5 Å². The minimum absolute atomic E-state index is 0.0399. The molecule has 1 fully saturated rings. The van der Waals surface area contributed by atoms with Gasteiger partial charge in [-0.1, -0.05) is 31.4 Å². The number of hydrogen-bond donors (Lipinski definition) is 2. The highest BCUT2D eigenvalue weighted by Crippen LogP contribution is 2.28. The molecule has 162 valence electrons. The number of piperidine rings is 1. The van der Waals surface area contributed by atoms with Gasteiger partial charge in [0.05, 0.1) is 5.70 Å². The Hall–Kier alpha value is -2.96. The Morgan fingerprint density at radius 1 is 1.37 bits per heavy atom. The minimum Gasteiger partial charge on any atom is -0.355 e. The number of nitrogens with zero attached hydrogens (tertiary/aromatic N) is 2. The summed E-state index contributed by atoms with van der Waals surface area (Å²) in [6.45, 7) is 12.5. The molecule has 0 bridgehead atoms. The fourth-order valence-corrected chi connectivity index (χ4v) is 3.31. The van der Waals surface area contributed by atoms with Crippen LogP contribution in [0.25, 0.3) is 0 Å². The third kappa shape index (κ3) is 6.83. The lowest BCUT2D eigenvalue weighted by atomic mass is 9.97. The van der Waals surface area contributed by atoms with Gasteiger partial charge in [0.15, 0.2) is 5.84 Å². The number of likely N-dealkylation sites (tertiary alicyclic amines) is 1. The summed E-state index contributed by atoms with van der Waals surface area (Å²) in [4.78, 5) is 18.1. The van der Waals surface area contributed by atoms with Gasteiger partial charge in [0.2, 0.25) is 5.91 Å². The summed E-state index contributed by atoms with van der Waals surface area (Å²) in [5.41, 5.74) is 1.20. The molecule has 1 aliphatic rings. The maximum absolute atomic E-state index is 13.4. The topological polar surface area (TPSA) is 56.7 Å². The van der Waals surface area contributed by atoms with Gasteiger partial charge in [-0.3, -0.25) is 4.79 Å². The first kappa shape index (κ1) is 23.3. The van der Waals surface area contributed by atoms with E-state index in [0.717, 1.165) is 32.9 Å². The zero-order valence-electron chi connectivity index (χ0n) is 17.6. The molecule has 0 aliphatic carbocycles. The molecule has 1 aliphatic heterocycles. The molecule has 1 atom stereocenters. The van der Waals surface area contributed by atoms with E-state index in [0.29, 0.717) is 23.8 Å². The SMILES string of the molecule is C=CC(=O)NCC1CCCN(/C(=N/C=C\C)C(=C)Nc2ccc(C(C)(F)F)cc2)C1. The highest BCUT2D eigenvalue weighted by Gasteiger charge is 2.25. The third-order valence-electron chi connectivity index (χ3n) is 4.87. The number of carbonyl (C=O) groups is 1. The van der Waals surface area contributed by atoms with E-state index in [2.05, 4.69) is 33.7 Å². The van der Waals surface area contributed by atoms with Crippen molar-refractivity contribution in [1.82, 2.24) is 10.2 Å². The molecule has 1 saturated heterocycles. The predicted molar refractivity (Wildman–Crippen MR) is 119 cm³/mol. The second kappa shape index (κ2) is 10.7. The number of rotatable bonds is 8. The highest BCUT2D eigenvalue weighted by molar-refractivity contribution is 6.00. The number of halogens is 2. The number of nitrogens with one attached hydrogen (secondary N) is 2. The second-order valence-corrected chi connectivity index (χ2v) is 7.41. The lowest BCUT2D eigenvalue weighted by Crippen LogP contribution is -2.44. The Kier molecular flexibility index (Phi) is 8.33. The monoisotopic (exact) mass is 416 g/mol. The van der Waals surface area contributed by atoms with Crippen molar-refractivity contribution < 1.29 is 13.6 Å². The van der Waals surface area contributed by atoms with E-state index >= 15 is 0 Å². The molecule has 7 heteroatoms.